The molecule has 0 aromatic heterocycles. The molecule has 2 amide bonds. The Morgan fingerprint density at radius 2 is 1.68 bits per heavy atom. The van der Waals surface area contributed by atoms with Gasteiger partial charge in [-0.3, -0.25) is 9.59 Å². The molecule has 1 heterocycles. The second kappa shape index (κ2) is 6.92. The highest BCUT2D eigenvalue weighted by Crippen LogP contribution is 2.22. The van der Waals surface area contributed by atoms with Crippen molar-refractivity contribution in [2.24, 2.45) is 5.41 Å². The van der Waals surface area contributed by atoms with E-state index in [0.29, 0.717) is 18.8 Å². The minimum Gasteiger partial charge on any atom is -0.339 e. The van der Waals surface area contributed by atoms with E-state index in [1.54, 1.807) is 18.7 Å². The maximum atomic E-state index is 12.7. The first-order valence-electron chi connectivity index (χ1n) is 7.83. The Morgan fingerprint density at radius 3 is 2.23 bits per heavy atom. The average Bonchev–Trinajstić information content (AvgIpc) is 2.55. The van der Waals surface area contributed by atoms with Crippen molar-refractivity contribution in [2.45, 2.75) is 20.8 Å². The van der Waals surface area contributed by atoms with E-state index in [9.17, 15) is 9.59 Å². The topological polar surface area (TPSA) is 52.7 Å². The Labute approximate surface area is 132 Å². The van der Waals surface area contributed by atoms with E-state index in [1.807, 2.05) is 30.3 Å². The van der Waals surface area contributed by atoms with Gasteiger partial charge < -0.3 is 15.1 Å². The number of nitrogens with zero attached hydrogens (tertiary/aromatic N) is 2. The van der Waals surface area contributed by atoms with Crippen molar-refractivity contribution in [3.05, 3.63) is 30.3 Å². The summed E-state index contributed by atoms with van der Waals surface area (Å²) in [6, 6.07) is 9.24. The van der Waals surface area contributed by atoms with Gasteiger partial charge >= 0.3 is 0 Å². The lowest BCUT2D eigenvalue weighted by Gasteiger charge is -2.37. The number of carbonyl (C=O) groups is 2. The van der Waals surface area contributed by atoms with Crippen molar-refractivity contribution in [1.29, 1.82) is 0 Å². The maximum Gasteiger partial charge on any atom is 0.239 e. The highest BCUT2D eigenvalue weighted by atomic mass is 16.2. The van der Waals surface area contributed by atoms with Crippen LogP contribution in [0.3, 0.4) is 0 Å². The fraction of sp³-hybridized carbons (Fsp3) is 0.529. The van der Waals surface area contributed by atoms with Crippen molar-refractivity contribution < 1.29 is 9.59 Å². The normalized spacial score (nSPS) is 16.4. The van der Waals surface area contributed by atoms with Gasteiger partial charge in [0.1, 0.15) is 5.41 Å². The minimum absolute atomic E-state index is 0.100. The Morgan fingerprint density at radius 1 is 1.09 bits per heavy atom. The first kappa shape index (κ1) is 16.5. The number of carbonyl (C=O) groups excluding carboxylic acids is 2. The third-order valence-corrected chi connectivity index (χ3v) is 4.24. The molecular weight excluding hydrogens is 278 g/mol. The summed E-state index contributed by atoms with van der Waals surface area (Å²) in [7, 11) is 0. The quantitative estimate of drug-likeness (QED) is 0.863. The smallest absolute Gasteiger partial charge is 0.239 e. The zero-order chi connectivity index (χ0) is 16.2. The molecule has 22 heavy (non-hydrogen) atoms. The molecule has 0 bridgehead atoms. The van der Waals surface area contributed by atoms with Crippen LogP contribution in [0.4, 0.5) is 5.69 Å². The van der Waals surface area contributed by atoms with E-state index < -0.39 is 5.41 Å². The molecule has 2 rings (SSSR count). The van der Waals surface area contributed by atoms with Gasteiger partial charge in [-0.2, -0.15) is 0 Å². The number of piperazine rings is 1. The number of nitrogens with one attached hydrogen (secondary N) is 1. The summed E-state index contributed by atoms with van der Waals surface area (Å²) in [5, 5.41) is 2.83. The van der Waals surface area contributed by atoms with Gasteiger partial charge in [-0.15, -0.1) is 0 Å². The van der Waals surface area contributed by atoms with Crippen LogP contribution in [0.2, 0.25) is 0 Å². The Kier molecular flexibility index (Phi) is 5.19. The molecule has 1 saturated heterocycles. The Hall–Kier alpha value is -1.88. The van der Waals surface area contributed by atoms with Crippen LogP contribution in [0, 0.1) is 5.41 Å². The third-order valence-electron chi connectivity index (χ3n) is 4.24. The zero-order valence-corrected chi connectivity index (χ0v) is 13.6. The van der Waals surface area contributed by atoms with Crippen LogP contribution in [0.1, 0.15) is 20.8 Å². The summed E-state index contributed by atoms with van der Waals surface area (Å²) in [6.07, 6.45) is 0. The fourth-order valence-electron chi connectivity index (χ4n) is 2.57. The lowest BCUT2D eigenvalue weighted by atomic mass is 9.89. The summed E-state index contributed by atoms with van der Waals surface area (Å²) in [5.41, 5.74) is -0.353. The lowest BCUT2D eigenvalue weighted by Crippen LogP contribution is -2.54. The van der Waals surface area contributed by atoms with Gasteiger partial charge in [0.25, 0.3) is 0 Å². The summed E-state index contributed by atoms with van der Waals surface area (Å²) in [4.78, 5) is 29.3. The molecule has 0 spiro atoms. The van der Waals surface area contributed by atoms with E-state index in [-0.39, 0.29) is 11.8 Å². The molecule has 1 aliphatic rings. The van der Waals surface area contributed by atoms with Crippen molar-refractivity contribution in [2.75, 3.05) is 38.0 Å². The molecule has 1 N–H and O–H groups in total. The van der Waals surface area contributed by atoms with Gasteiger partial charge in [-0.25, -0.2) is 0 Å². The largest absolute Gasteiger partial charge is 0.339 e. The van der Waals surface area contributed by atoms with Gasteiger partial charge in [-0.1, -0.05) is 25.1 Å². The van der Waals surface area contributed by atoms with Crippen LogP contribution >= 0.6 is 0 Å². The molecule has 1 aliphatic heterocycles. The number of rotatable bonds is 4. The lowest BCUT2D eigenvalue weighted by molar-refractivity contribution is -0.147. The predicted octanol–water partition coefficient (Wildman–Crippen LogP) is 1.82. The number of hydrogen-bond acceptors (Lipinski definition) is 3. The maximum absolute atomic E-state index is 12.7. The number of hydrogen-bond donors (Lipinski definition) is 1. The van der Waals surface area contributed by atoms with Crippen molar-refractivity contribution in [1.82, 2.24) is 9.80 Å². The molecule has 0 saturated carbocycles. The van der Waals surface area contributed by atoms with Crippen LogP contribution in [-0.4, -0.2) is 54.3 Å². The van der Waals surface area contributed by atoms with Crippen LogP contribution in [0.15, 0.2) is 30.3 Å². The third kappa shape index (κ3) is 3.65. The summed E-state index contributed by atoms with van der Waals surface area (Å²) in [5.74, 6) is -0.363. The number of amides is 2. The molecule has 1 fully saturated rings. The van der Waals surface area contributed by atoms with E-state index in [2.05, 4.69) is 17.1 Å². The van der Waals surface area contributed by atoms with E-state index in [4.69, 9.17) is 0 Å². The van der Waals surface area contributed by atoms with Crippen LogP contribution in [0.25, 0.3) is 0 Å². The number of para-hydroxylation sites is 1. The van der Waals surface area contributed by atoms with Crippen LogP contribution in [0.5, 0.6) is 0 Å². The molecular formula is C17H25N3O2. The fourth-order valence-corrected chi connectivity index (χ4v) is 2.57. The molecule has 0 atom stereocenters. The zero-order valence-electron chi connectivity index (χ0n) is 13.6. The summed E-state index contributed by atoms with van der Waals surface area (Å²) in [6.45, 7) is 9.63. The number of likely N-dealkylation sites (N-methyl/N-ethyl adjacent to an activating group) is 1. The first-order valence-corrected chi connectivity index (χ1v) is 7.83. The van der Waals surface area contributed by atoms with E-state index in [1.165, 1.54) is 0 Å². The summed E-state index contributed by atoms with van der Waals surface area (Å²) < 4.78 is 0. The highest BCUT2D eigenvalue weighted by molar-refractivity contribution is 6.09. The molecule has 5 nitrogen and oxygen atoms in total. The molecule has 5 heteroatoms. The average molecular weight is 303 g/mol. The Bertz CT molecular complexity index is 520. The standard InChI is InChI=1S/C17H25N3O2/c1-4-19-10-12-20(13-11-19)16(22)17(2,3)15(21)18-14-8-6-5-7-9-14/h5-9H,4,10-13H2,1-3H3,(H,18,21). The van der Waals surface area contributed by atoms with Crippen LogP contribution in [-0.2, 0) is 9.59 Å². The Balaban J connectivity index is 1.99. The minimum atomic E-state index is -1.07. The van der Waals surface area contributed by atoms with Gasteiger partial charge in [0, 0.05) is 31.9 Å². The van der Waals surface area contributed by atoms with Crippen LogP contribution < -0.4 is 5.32 Å². The number of benzene rings is 1. The van der Waals surface area contributed by atoms with Crippen molar-refractivity contribution >= 4 is 17.5 Å². The van der Waals surface area contributed by atoms with Gasteiger partial charge in [0.05, 0.1) is 0 Å². The molecule has 120 valence electrons. The molecule has 0 unspecified atom stereocenters. The van der Waals surface area contributed by atoms with Gasteiger partial charge in [-0.05, 0) is 32.5 Å². The molecule has 1 aromatic rings. The van der Waals surface area contributed by atoms with Gasteiger partial charge in [0.2, 0.25) is 11.8 Å². The molecule has 1 aromatic carbocycles. The SMILES string of the molecule is CCN1CCN(C(=O)C(C)(C)C(=O)Nc2ccccc2)CC1. The first-order chi connectivity index (χ1) is 10.4. The second-order valence-electron chi connectivity index (χ2n) is 6.17. The van der Waals surface area contributed by atoms with E-state index >= 15 is 0 Å². The van der Waals surface area contributed by atoms with E-state index in [0.717, 1.165) is 19.6 Å². The predicted molar refractivity (Wildman–Crippen MR) is 87.5 cm³/mol. The highest BCUT2D eigenvalue weighted by Gasteiger charge is 2.39. The summed E-state index contributed by atoms with van der Waals surface area (Å²) >= 11 is 0. The monoisotopic (exact) mass is 303 g/mol. The van der Waals surface area contributed by atoms with Gasteiger partial charge in [0.15, 0.2) is 0 Å². The molecule has 0 radical (unpaired) electrons. The number of anilines is 1. The van der Waals surface area contributed by atoms with Crippen molar-refractivity contribution in [3.63, 3.8) is 0 Å². The second-order valence-corrected chi connectivity index (χ2v) is 6.17. The van der Waals surface area contributed by atoms with Crippen molar-refractivity contribution in [3.8, 4) is 0 Å². The molecule has 0 aliphatic carbocycles.